The number of thiophene rings is 1. The highest BCUT2D eigenvalue weighted by Gasteiger charge is 2.12. The van der Waals surface area contributed by atoms with Crippen LogP contribution in [0.3, 0.4) is 0 Å². The van der Waals surface area contributed by atoms with E-state index in [1.807, 2.05) is 17.4 Å². The highest BCUT2D eigenvalue weighted by atomic mass is 32.1. The molecule has 0 saturated carbocycles. The third-order valence-electron chi connectivity index (χ3n) is 3.14. The Morgan fingerprint density at radius 3 is 2.94 bits per heavy atom. The molecule has 2 aromatic rings. The van der Waals surface area contributed by atoms with E-state index in [0.29, 0.717) is 6.04 Å². The lowest BCUT2D eigenvalue weighted by molar-refractivity contribution is 0.507. The van der Waals surface area contributed by atoms with Crippen molar-refractivity contribution in [2.75, 3.05) is 6.54 Å². The molecule has 1 atom stereocenters. The van der Waals surface area contributed by atoms with Crippen LogP contribution in [0.15, 0.2) is 43.0 Å². The first-order valence-electron chi connectivity index (χ1n) is 6.68. The van der Waals surface area contributed by atoms with Gasteiger partial charge in [-0.05, 0) is 43.3 Å². The van der Waals surface area contributed by atoms with Gasteiger partial charge in [0.2, 0.25) is 0 Å². The zero-order chi connectivity index (χ0) is 12.8. The molecule has 0 aliphatic carbocycles. The van der Waals surface area contributed by atoms with Gasteiger partial charge < -0.3 is 5.32 Å². The third-order valence-corrected chi connectivity index (χ3v) is 4.37. The molecule has 0 amide bonds. The number of fused-ring (bicyclic) bond motifs is 1. The molecule has 1 unspecified atom stereocenters. The van der Waals surface area contributed by atoms with Crippen LogP contribution < -0.4 is 5.32 Å². The van der Waals surface area contributed by atoms with Crippen molar-refractivity contribution >= 4 is 21.4 Å². The zero-order valence-electron chi connectivity index (χ0n) is 11.0. The lowest BCUT2D eigenvalue weighted by atomic mass is 10.1. The summed E-state index contributed by atoms with van der Waals surface area (Å²) in [7, 11) is 0. The maximum Gasteiger partial charge on any atom is 0.0415 e. The van der Waals surface area contributed by atoms with E-state index in [1.54, 1.807) is 0 Å². The van der Waals surface area contributed by atoms with Gasteiger partial charge in [0.1, 0.15) is 0 Å². The van der Waals surface area contributed by atoms with Crippen LogP contribution >= 0.6 is 11.3 Å². The van der Waals surface area contributed by atoms with Crippen LogP contribution in [0.1, 0.15) is 37.1 Å². The quantitative estimate of drug-likeness (QED) is 0.550. The van der Waals surface area contributed by atoms with E-state index in [0.717, 1.165) is 13.0 Å². The summed E-state index contributed by atoms with van der Waals surface area (Å²) in [6.45, 7) is 6.99. The van der Waals surface area contributed by atoms with Gasteiger partial charge in [-0.15, -0.1) is 17.9 Å². The lowest BCUT2D eigenvalue weighted by Gasteiger charge is -2.15. The Hall–Kier alpha value is -1.12. The van der Waals surface area contributed by atoms with Crippen LogP contribution in [0.4, 0.5) is 0 Å². The molecule has 0 fully saturated rings. The van der Waals surface area contributed by atoms with Crippen molar-refractivity contribution in [3.63, 3.8) is 0 Å². The molecule has 0 aliphatic rings. The van der Waals surface area contributed by atoms with Crippen molar-refractivity contribution in [1.29, 1.82) is 0 Å². The Balaban J connectivity index is 2.15. The predicted octanol–water partition coefficient (Wildman–Crippen LogP) is 4.91. The fourth-order valence-electron chi connectivity index (χ4n) is 2.23. The van der Waals surface area contributed by atoms with Gasteiger partial charge in [0, 0.05) is 15.6 Å². The summed E-state index contributed by atoms with van der Waals surface area (Å²) in [6, 6.07) is 11.5. The SMILES string of the molecule is C=CCCCC(NCC)c1cc2ccccc2s1. The van der Waals surface area contributed by atoms with E-state index in [1.165, 1.54) is 27.8 Å². The highest BCUT2D eigenvalue weighted by Crippen LogP contribution is 2.31. The Kier molecular flexibility index (Phi) is 4.97. The number of unbranched alkanes of at least 4 members (excludes halogenated alkanes) is 1. The van der Waals surface area contributed by atoms with Crippen molar-refractivity contribution in [1.82, 2.24) is 5.32 Å². The summed E-state index contributed by atoms with van der Waals surface area (Å²) in [6.07, 6.45) is 5.50. The van der Waals surface area contributed by atoms with Crippen molar-refractivity contribution in [2.24, 2.45) is 0 Å². The van der Waals surface area contributed by atoms with E-state index in [4.69, 9.17) is 0 Å². The maximum atomic E-state index is 3.79. The summed E-state index contributed by atoms with van der Waals surface area (Å²) in [4.78, 5) is 1.46. The molecule has 96 valence electrons. The molecule has 1 nitrogen and oxygen atoms in total. The lowest BCUT2D eigenvalue weighted by Crippen LogP contribution is -2.19. The summed E-state index contributed by atoms with van der Waals surface area (Å²) < 4.78 is 1.39. The smallest absolute Gasteiger partial charge is 0.0415 e. The number of hydrogen-bond donors (Lipinski definition) is 1. The summed E-state index contributed by atoms with van der Waals surface area (Å²) in [5.74, 6) is 0. The molecule has 0 saturated heterocycles. The van der Waals surface area contributed by atoms with Crippen LogP contribution in [-0.4, -0.2) is 6.54 Å². The number of allylic oxidation sites excluding steroid dienone is 1. The highest BCUT2D eigenvalue weighted by molar-refractivity contribution is 7.19. The Morgan fingerprint density at radius 1 is 1.39 bits per heavy atom. The number of benzene rings is 1. The van der Waals surface area contributed by atoms with Gasteiger partial charge in [-0.1, -0.05) is 31.2 Å². The van der Waals surface area contributed by atoms with E-state index in [2.05, 4.69) is 49.2 Å². The van der Waals surface area contributed by atoms with Gasteiger partial charge in [-0.25, -0.2) is 0 Å². The minimum atomic E-state index is 0.493. The summed E-state index contributed by atoms with van der Waals surface area (Å²) >= 11 is 1.92. The largest absolute Gasteiger partial charge is 0.310 e. The monoisotopic (exact) mass is 259 g/mol. The van der Waals surface area contributed by atoms with E-state index in [9.17, 15) is 0 Å². The first-order chi connectivity index (χ1) is 8.85. The first-order valence-corrected chi connectivity index (χ1v) is 7.49. The molecule has 1 N–H and O–H groups in total. The second kappa shape index (κ2) is 6.72. The van der Waals surface area contributed by atoms with Gasteiger partial charge in [0.25, 0.3) is 0 Å². The molecule has 0 bridgehead atoms. The molecular formula is C16H21NS. The van der Waals surface area contributed by atoms with Gasteiger partial charge in [-0.2, -0.15) is 0 Å². The van der Waals surface area contributed by atoms with E-state index < -0.39 is 0 Å². The molecule has 1 heterocycles. The maximum absolute atomic E-state index is 3.79. The Morgan fingerprint density at radius 2 is 2.22 bits per heavy atom. The standard InChI is InChI=1S/C16H21NS/c1-3-5-6-10-14(17-4-2)16-12-13-9-7-8-11-15(13)18-16/h3,7-9,11-12,14,17H,1,4-6,10H2,2H3. The molecular weight excluding hydrogens is 238 g/mol. The van der Waals surface area contributed by atoms with E-state index in [-0.39, 0.29) is 0 Å². The van der Waals surface area contributed by atoms with E-state index >= 15 is 0 Å². The van der Waals surface area contributed by atoms with Crippen LogP contribution in [0.2, 0.25) is 0 Å². The van der Waals surface area contributed by atoms with Crippen molar-refractivity contribution in [3.05, 3.63) is 47.9 Å². The topological polar surface area (TPSA) is 12.0 Å². The van der Waals surface area contributed by atoms with Crippen LogP contribution in [-0.2, 0) is 0 Å². The van der Waals surface area contributed by atoms with Crippen molar-refractivity contribution < 1.29 is 0 Å². The summed E-state index contributed by atoms with van der Waals surface area (Å²) in [5.41, 5.74) is 0. The van der Waals surface area contributed by atoms with Crippen molar-refractivity contribution in [3.8, 4) is 0 Å². The van der Waals surface area contributed by atoms with Gasteiger partial charge in [0.15, 0.2) is 0 Å². The minimum absolute atomic E-state index is 0.493. The molecule has 18 heavy (non-hydrogen) atoms. The van der Waals surface area contributed by atoms with Gasteiger partial charge >= 0.3 is 0 Å². The third kappa shape index (κ3) is 3.21. The fourth-order valence-corrected chi connectivity index (χ4v) is 3.41. The molecule has 0 radical (unpaired) electrons. The number of nitrogens with one attached hydrogen (secondary N) is 1. The molecule has 0 aliphatic heterocycles. The van der Waals surface area contributed by atoms with Crippen LogP contribution in [0, 0.1) is 0 Å². The summed E-state index contributed by atoms with van der Waals surface area (Å²) in [5, 5.41) is 4.96. The average Bonchev–Trinajstić information content (AvgIpc) is 2.81. The van der Waals surface area contributed by atoms with Gasteiger partial charge in [0.05, 0.1) is 0 Å². The number of hydrogen-bond acceptors (Lipinski definition) is 2. The normalized spacial score (nSPS) is 12.7. The molecule has 0 spiro atoms. The van der Waals surface area contributed by atoms with Gasteiger partial charge in [-0.3, -0.25) is 0 Å². The molecule has 1 aromatic heterocycles. The predicted molar refractivity (Wildman–Crippen MR) is 82.3 cm³/mol. The first kappa shape index (κ1) is 13.3. The molecule has 1 aromatic carbocycles. The zero-order valence-corrected chi connectivity index (χ0v) is 11.8. The second-order valence-corrected chi connectivity index (χ2v) is 5.63. The van der Waals surface area contributed by atoms with Crippen molar-refractivity contribution in [2.45, 2.75) is 32.2 Å². The minimum Gasteiger partial charge on any atom is -0.310 e. The van der Waals surface area contributed by atoms with Crippen LogP contribution in [0.5, 0.6) is 0 Å². The molecule has 2 heteroatoms. The fraction of sp³-hybridized carbons (Fsp3) is 0.375. The average molecular weight is 259 g/mol. The van der Waals surface area contributed by atoms with Crippen LogP contribution in [0.25, 0.3) is 10.1 Å². The Labute approximate surface area is 114 Å². The number of rotatable bonds is 7. The second-order valence-electron chi connectivity index (χ2n) is 4.52. The Bertz CT molecular complexity index is 468. The molecule has 2 rings (SSSR count).